The number of aldehydes is 1. The molecule has 0 fully saturated rings. The number of thiophene rings is 1. The van der Waals surface area contributed by atoms with Gasteiger partial charge in [0.25, 0.3) is 0 Å². The van der Waals surface area contributed by atoms with Crippen LogP contribution < -0.4 is 0 Å². The Balaban J connectivity index is 2.13. The van der Waals surface area contributed by atoms with Crippen molar-refractivity contribution in [3.63, 3.8) is 0 Å². The number of fused-ring (bicyclic) bond motifs is 1. The molecule has 0 atom stereocenters. The number of alkyl halides is 3. The van der Waals surface area contributed by atoms with Gasteiger partial charge in [0, 0.05) is 20.2 Å². The molecular weight excluding hydrogens is 333 g/mol. The Kier molecular flexibility index (Phi) is 3.70. The molecule has 1 nitrogen and oxygen atoms in total. The molecule has 2 aromatic carbocycles. The molecule has 6 heteroatoms. The summed E-state index contributed by atoms with van der Waals surface area (Å²) in [6, 6.07) is 10.2. The predicted octanol–water partition coefficient (Wildman–Crippen LogP) is 6.05. The summed E-state index contributed by atoms with van der Waals surface area (Å²) in [7, 11) is 0. The molecule has 0 aliphatic rings. The molecule has 22 heavy (non-hydrogen) atoms. The van der Waals surface area contributed by atoms with E-state index in [1.54, 1.807) is 18.2 Å². The Hall–Kier alpha value is -1.85. The van der Waals surface area contributed by atoms with Crippen molar-refractivity contribution in [2.75, 3.05) is 0 Å². The van der Waals surface area contributed by atoms with Crippen molar-refractivity contribution in [1.29, 1.82) is 0 Å². The number of carbonyl (C=O) groups excluding carboxylic acids is 1. The lowest BCUT2D eigenvalue weighted by Gasteiger charge is -2.05. The molecule has 0 unspecified atom stereocenters. The van der Waals surface area contributed by atoms with E-state index in [9.17, 15) is 18.0 Å². The third-order valence-corrected chi connectivity index (χ3v) is 4.57. The van der Waals surface area contributed by atoms with E-state index >= 15 is 0 Å². The van der Waals surface area contributed by atoms with Gasteiger partial charge in [-0.25, -0.2) is 0 Å². The second-order valence-electron chi connectivity index (χ2n) is 4.75. The van der Waals surface area contributed by atoms with Crippen LogP contribution in [0.1, 0.15) is 15.9 Å². The van der Waals surface area contributed by atoms with Crippen molar-refractivity contribution in [3.8, 4) is 10.4 Å². The summed E-state index contributed by atoms with van der Waals surface area (Å²) in [5, 5.41) is 0.926. The first-order valence-electron chi connectivity index (χ1n) is 6.24. The second-order valence-corrected chi connectivity index (χ2v) is 6.27. The molecular formula is C16H8ClF3OS. The molecule has 1 heterocycles. The van der Waals surface area contributed by atoms with Gasteiger partial charge in [-0.3, -0.25) is 4.79 Å². The Morgan fingerprint density at radius 2 is 1.82 bits per heavy atom. The average Bonchev–Trinajstić information content (AvgIpc) is 2.88. The summed E-state index contributed by atoms with van der Waals surface area (Å²) < 4.78 is 39.0. The Bertz CT molecular complexity index is 867. The van der Waals surface area contributed by atoms with Crippen molar-refractivity contribution in [2.24, 2.45) is 0 Å². The Morgan fingerprint density at radius 1 is 1.05 bits per heavy atom. The van der Waals surface area contributed by atoms with E-state index in [2.05, 4.69) is 0 Å². The second kappa shape index (κ2) is 5.41. The lowest BCUT2D eigenvalue weighted by molar-refractivity contribution is -0.137. The van der Waals surface area contributed by atoms with E-state index in [4.69, 9.17) is 11.6 Å². The van der Waals surface area contributed by atoms with E-state index in [0.717, 1.165) is 21.7 Å². The maximum Gasteiger partial charge on any atom is 0.416 e. The fourth-order valence-corrected chi connectivity index (χ4v) is 3.46. The minimum atomic E-state index is -4.36. The Labute approximate surface area is 133 Å². The van der Waals surface area contributed by atoms with Gasteiger partial charge < -0.3 is 0 Å². The number of rotatable bonds is 2. The number of hydrogen-bond acceptors (Lipinski definition) is 2. The predicted molar refractivity (Wildman–Crippen MR) is 82.7 cm³/mol. The first kappa shape index (κ1) is 15.1. The highest BCUT2D eigenvalue weighted by Crippen LogP contribution is 2.38. The molecule has 0 bridgehead atoms. The zero-order valence-corrected chi connectivity index (χ0v) is 12.5. The van der Waals surface area contributed by atoms with Crippen LogP contribution in [0.5, 0.6) is 0 Å². The van der Waals surface area contributed by atoms with E-state index in [1.165, 1.54) is 23.5 Å². The van der Waals surface area contributed by atoms with E-state index in [1.807, 2.05) is 0 Å². The monoisotopic (exact) mass is 340 g/mol. The summed E-state index contributed by atoms with van der Waals surface area (Å²) in [4.78, 5) is 11.7. The van der Waals surface area contributed by atoms with Crippen molar-refractivity contribution < 1.29 is 18.0 Å². The van der Waals surface area contributed by atoms with Crippen LogP contribution in [0.25, 0.3) is 20.5 Å². The molecule has 0 saturated heterocycles. The van der Waals surface area contributed by atoms with Gasteiger partial charge in [0.2, 0.25) is 0 Å². The van der Waals surface area contributed by atoms with Crippen LogP contribution >= 0.6 is 22.9 Å². The quantitative estimate of drug-likeness (QED) is 0.519. The van der Waals surface area contributed by atoms with Gasteiger partial charge in [0.15, 0.2) is 0 Å². The lowest BCUT2D eigenvalue weighted by Crippen LogP contribution is -2.03. The fourth-order valence-electron chi connectivity index (χ4n) is 2.18. The average molecular weight is 341 g/mol. The third-order valence-electron chi connectivity index (χ3n) is 3.18. The molecule has 0 aliphatic carbocycles. The van der Waals surface area contributed by atoms with Crippen molar-refractivity contribution in [3.05, 3.63) is 58.6 Å². The highest BCUT2D eigenvalue weighted by Gasteiger charge is 2.30. The minimum Gasteiger partial charge on any atom is -0.298 e. The molecule has 0 aliphatic heterocycles. The van der Waals surface area contributed by atoms with Crippen molar-refractivity contribution in [2.45, 2.75) is 6.18 Å². The number of benzene rings is 2. The zero-order valence-electron chi connectivity index (χ0n) is 10.9. The summed E-state index contributed by atoms with van der Waals surface area (Å²) >= 11 is 7.32. The van der Waals surface area contributed by atoms with Gasteiger partial charge in [0.1, 0.15) is 6.29 Å². The molecule has 1 aromatic heterocycles. The van der Waals surface area contributed by atoms with Crippen molar-refractivity contribution >= 4 is 39.3 Å². The minimum absolute atomic E-state index is 0.410. The van der Waals surface area contributed by atoms with Crippen LogP contribution in [-0.4, -0.2) is 6.29 Å². The van der Waals surface area contributed by atoms with Crippen molar-refractivity contribution in [1.82, 2.24) is 0 Å². The molecule has 3 aromatic rings. The van der Waals surface area contributed by atoms with Crippen LogP contribution in [0.15, 0.2) is 42.5 Å². The van der Waals surface area contributed by atoms with E-state index in [0.29, 0.717) is 27.8 Å². The van der Waals surface area contributed by atoms with Gasteiger partial charge in [-0.15, -0.1) is 11.3 Å². The Morgan fingerprint density at radius 3 is 2.50 bits per heavy atom. The van der Waals surface area contributed by atoms with Gasteiger partial charge in [-0.1, -0.05) is 11.6 Å². The highest BCUT2D eigenvalue weighted by atomic mass is 35.5. The van der Waals surface area contributed by atoms with Crippen LogP contribution in [0, 0.1) is 0 Å². The van der Waals surface area contributed by atoms with E-state index < -0.39 is 11.7 Å². The van der Waals surface area contributed by atoms with Crippen LogP contribution in [0.2, 0.25) is 5.02 Å². The molecule has 112 valence electrons. The van der Waals surface area contributed by atoms with Gasteiger partial charge in [-0.05, 0) is 53.4 Å². The first-order chi connectivity index (χ1) is 10.4. The smallest absolute Gasteiger partial charge is 0.298 e. The van der Waals surface area contributed by atoms with E-state index in [-0.39, 0.29) is 0 Å². The standard InChI is InChI=1S/C16H8ClF3OS/c17-13-4-9(8-21)3-10(6-13)15-7-11-5-12(16(18,19)20)1-2-14(11)22-15/h1-8H. The largest absolute Gasteiger partial charge is 0.416 e. The summed E-state index contributed by atoms with van der Waals surface area (Å²) in [5.74, 6) is 0. The normalized spacial score (nSPS) is 11.8. The fraction of sp³-hybridized carbons (Fsp3) is 0.0625. The van der Waals surface area contributed by atoms with Gasteiger partial charge in [0.05, 0.1) is 5.56 Å². The number of halogens is 4. The summed E-state index contributed by atoms with van der Waals surface area (Å²) in [5.41, 5.74) is 0.462. The molecule has 0 radical (unpaired) electrons. The SMILES string of the molecule is O=Cc1cc(Cl)cc(-c2cc3cc(C(F)(F)F)ccc3s2)c1. The summed E-state index contributed by atoms with van der Waals surface area (Å²) in [6.07, 6.45) is -3.68. The van der Waals surface area contributed by atoms with Crippen LogP contribution in [0.3, 0.4) is 0 Å². The molecule has 0 amide bonds. The first-order valence-corrected chi connectivity index (χ1v) is 7.43. The zero-order chi connectivity index (χ0) is 15.9. The van der Waals surface area contributed by atoms with Crippen LogP contribution in [0.4, 0.5) is 13.2 Å². The maximum absolute atomic E-state index is 12.7. The highest BCUT2D eigenvalue weighted by molar-refractivity contribution is 7.22. The summed E-state index contributed by atoms with van der Waals surface area (Å²) in [6.45, 7) is 0. The number of carbonyl (C=O) groups is 1. The lowest BCUT2D eigenvalue weighted by atomic mass is 10.1. The van der Waals surface area contributed by atoms with Crippen LogP contribution in [-0.2, 0) is 6.18 Å². The molecule has 0 spiro atoms. The third kappa shape index (κ3) is 2.87. The molecule has 3 rings (SSSR count). The van der Waals surface area contributed by atoms with Gasteiger partial charge >= 0.3 is 6.18 Å². The molecule has 0 saturated carbocycles. The van der Waals surface area contributed by atoms with Gasteiger partial charge in [-0.2, -0.15) is 13.2 Å². The molecule has 0 N–H and O–H groups in total. The number of hydrogen-bond donors (Lipinski definition) is 0. The topological polar surface area (TPSA) is 17.1 Å². The maximum atomic E-state index is 12.7.